The molecule has 0 spiro atoms. The van der Waals surface area contributed by atoms with Crippen LogP contribution in [-0.4, -0.2) is 23.2 Å². The number of carboxylic acid groups (broad SMARTS) is 1. The summed E-state index contributed by atoms with van der Waals surface area (Å²) in [5.74, 6) is -0.787. The van der Waals surface area contributed by atoms with Crippen molar-refractivity contribution in [2.24, 2.45) is 0 Å². The fourth-order valence-electron chi connectivity index (χ4n) is 1.41. The van der Waals surface area contributed by atoms with Gasteiger partial charge in [-0.2, -0.15) is 0 Å². The topological polar surface area (TPSA) is 49.3 Å². The van der Waals surface area contributed by atoms with Crippen molar-refractivity contribution in [3.63, 3.8) is 0 Å². The van der Waals surface area contributed by atoms with Crippen LogP contribution in [0, 0.1) is 0 Å². The molecule has 0 unspecified atom stereocenters. The van der Waals surface area contributed by atoms with Gasteiger partial charge >= 0.3 is 5.97 Å². The number of carbonyl (C=O) groups is 1. The van der Waals surface area contributed by atoms with Gasteiger partial charge in [0.15, 0.2) is 0 Å². The van der Waals surface area contributed by atoms with E-state index in [9.17, 15) is 4.79 Å². The lowest BCUT2D eigenvalue weighted by Gasteiger charge is -2.23. The molecule has 2 N–H and O–H groups in total. The quantitative estimate of drug-likeness (QED) is 0.588. The molecule has 0 bridgehead atoms. The lowest BCUT2D eigenvalue weighted by Crippen LogP contribution is -2.38. The van der Waals surface area contributed by atoms with Crippen molar-refractivity contribution in [2.45, 2.75) is 32.4 Å². The fourth-order valence-corrected chi connectivity index (χ4v) is 1.41. The van der Waals surface area contributed by atoms with E-state index in [1.807, 2.05) is 13.8 Å². The van der Waals surface area contributed by atoms with Crippen molar-refractivity contribution in [1.29, 1.82) is 0 Å². The zero-order valence-electron chi connectivity index (χ0n) is 6.79. The minimum atomic E-state index is -0.787. The van der Waals surface area contributed by atoms with Crippen LogP contribution in [0.1, 0.15) is 20.3 Å². The van der Waals surface area contributed by atoms with E-state index in [-0.39, 0.29) is 12.1 Å². The van der Waals surface area contributed by atoms with Crippen LogP contribution in [0.2, 0.25) is 0 Å². The summed E-state index contributed by atoms with van der Waals surface area (Å²) >= 11 is 0. The molecule has 0 aliphatic carbocycles. The molecule has 0 amide bonds. The minimum Gasteiger partial charge on any atom is -0.478 e. The molecule has 1 aliphatic heterocycles. The van der Waals surface area contributed by atoms with Crippen LogP contribution in [0.25, 0.3) is 0 Å². The Morgan fingerprint density at radius 2 is 2.36 bits per heavy atom. The molecule has 0 aromatic heterocycles. The van der Waals surface area contributed by atoms with E-state index in [0.29, 0.717) is 12.0 Å². The number of hydrogen-bond acceptors (Lipinski definition) is 2. The summed E-state index contributed by atoms with van der Waals surface area (Å²) in [6.07, 6.45) is 2.39. The first kappa shape index (κ1) is 8.27. The molecule has 3 heteroatoms. The monoisotopic (exact) mass is 155 g/mol. The summed E-state index contributed by atoms with van der Waals surface area (Å²) in [5, 5.41) is 11.9. The van der Waals surface area contributed by atoms with Gasteiger partial charge in [-0.05, 0) is 20.3 Å². The summed E-state index contributed by atoms with van der Waals surface area (Å²) in [7, 11) is 0. The molecule has 11 heavy (non-hydrogen) atoms. The van der Waals surface area contributed by atoms with E-state index in [4.69, 9.17) is 5.11 Å². The summed E-state index contributed by atoms with van der Waals surface area (Å²) in [5.41, 5.74) is 0.531. The Balaban J connectivity index is 2.72. The van der Waals surface area contributed by atoms with Gasteiger partial charge < -0.3 is 10.4 Å². The van der Waals surface area contributed by atoms with Crippen molar-refractivity contribution in [3.05, 3.63) is 11.6 Å². The van der Waals surface area contributed by atoms with Crippen LogP contribution in [-0.2, 0) is 4.79 Å². The summed E-state index contributed by atoms with van der Waals surface area (Å²) in [6, 6.07) is 0.464. The number of hydrogen-bond donors (Lipinski definition) is 2. The van der Waals surface area contributed by atoms with Crippen LogP contribution >= 0.6 is 0 Å². The Labute approximate surface area is 66.1 Å². The summed E-state index contributed by atoms with van der Waals surface area (Å²) in [6.45, 7) is 3.95. The second kappa shape index (κ2) is 3.05. The smallest absolute Gasteiger partial charge is 0.331 e. The van der Waals surface area contributed by atoms with Gasteiger partial charge in [0.25, 0.3) is 0 Å². The van der Waals surface area contributed by atoms with Gasteiger partial charge in [0, 0.05) is 17.7 Å². The molecule has 0 aromatic carbocycles. The molecular formula is C8H13NO2. The Hall–Kier alpha value is -0.830. The highest BCUT2D eigenvalue weighted by atomic mass is 16.4. The van der Waals surface area contributed by atoms with E-state index >= 15 is 0 Å². The maximum atomic E-state index is 10.5. The Bertz CT molecular complexity index is 198. The highest BCUT2D eigenvalue weighted by Gasteiger charge is 2.18. The molecule has 0 fully saturated rings. The van der Waals surface area contributed by atoms with Gasteiger partial charge in [0.05, 0.1) is 0 Å². The van der Waals surface area contributed by atoms with E-state index in [2.05, 4.69) is 5.32 Å². The summed E-state index contributed by atoms with van der Waals surface area (Å²) in [4.78, 5) is 10.5. The number of nitrogens with one attached hydrogen (secondary N) is 1. The first-order valence-electron chi connectivity index (χ1n) is 3.79. The number of rotatable bonds is 1. The van der Waals surface area contributed by atoms with Crippen LogP contribution in [0.4, 0.5) is 0 Å². The van der Waals surface area contributed by atoms with E-state index in [1.54, 1.807) is 6.08 Å². The largest absolute Gasteiger partial charge is 0.478 e. The molecule has 0 aromatic rings. The summed E-state index contributed by atoms with van der Waals surface area (Å²) < 4.78 is 0. The fraction of sp³-hybridized carbons (Fsp3) is 0.625. The molecule has 0 saturated heterocycles. The van der Waals surface area contributed by atoms with Gasteiger partial charge in [-0.25, -0.2) is 4.79 Å². The lowest BCUT2D eigenvalue weighted by atomic mass is 10.00. The molecule has 0 saturated carbocycles. The van der Waals surface area contributed by atoms with Crippen molar-refractivity contribution in [3.8, 4) is 0 Å². The third-order valence-electron chi connectivity index (χ3n) is 1.80. The van der Waals surface area contributed by atoms with E-state index < -0.39 is 5.97 Å². The molecule has 1 aliphatic rings. The van der Waals surface area contributed by atoms with Gasteiger partial charge in [0.1, 0.15) is 0 Å². The molecular weight excluding hydrogens is 142 g/mol. The zero-order valence-corrected chi connectivity index (χ0v) is 6.79. The molecule has 62 valence electrons. The van der Waals surface area contributed by atoms with Crippen LogP contribution in [0.3, 0.4) is 0 Å². The highest BCUT2D eigenvalue weighted by Crippen LogP contribution is 2.12. The second-order valence-electron chi connectivity index (χ2n) is 3.06. The average molecular weight is 155 g/mol. The Kier molecular flexibility index (Phi) is 2.29. The van der Waals surface area contributed by atoms with E-state index in [1.165, 1.54) is 0 Å². The molecule has 1 heterocycles. The van der Waals surface area contributed by atoms with Crippen molar-refractivity contribution in [2.75, 3.05) is 0 Å². The first-order chi connectivity index (χ1) is 5.09. The maximum absolute atomic E-state index is 10.5. The maximum Gasteiger partial charge on any atom is 0.331 e. The Morgan fingerprint density at radius 1 is 1.73 bits per heavy atom. The number of aliphatic carboxylic acids is 1. The van der Waals surface area contributed by atoms with Gasteiger partial charge in [-0.3, -0.25) is 0 Å². The van der Waals surface area contributed by atoms with Crippen LogP contribution in [0.15, 0.2) is 11.6 Å². The third-order valence-corrected chi connectivity index (χ3v) is 1.80. The van der Waals surface area contributed by atoms with Crippen molar-refractivity contribution >= 4 is 5.97 Å². The van der Waals surface area contributed by atoms with Crippen molar-refractivity contribution < 1.29 is 9.90 Å². The first-order valence-corrected chi connectivity index (χ1v) is 3.79. The van der Waals surface area contributed by atoms with Gasteiger partial charge in [-0.1, -0.05) is 6.08 Å². The Morgan fingerprint density at radius 3 is 2.82 bits per heavy atom. The molecule has 2 atom stereocenters. The van der Waals surface area contributed by atoms with Gasteiger partial charge in [0.2, 0.25) is 0 Å². The average Bonchev–Trinajstić information content (AvgIpc) is 1.85. The second-order valence-corrected chi connectivity index (χ2v) is 3.06. The third kappa shape index (κ3) is 2.05. The standard InChI is InChI=1S/C8H13NO2/c1-5-3-7(8(10)11)4-6(2)9-5/h3,5-6,9H,4H2,1-2H3,(H,10,11)/t5-,6+/m1/s1. The predicted molar refractivity (Wildman–Crippen MR) is 42.4 cm³/mol. The van der Waals surface area contributed by atoms with E-state index in [0.717, 1.165) is 0 Å². The van der Waals surface area contributed by atoms with Crippen LogP contribution in [0.5, 0.6) is 0 Å². The number of carboxylic acids is 1. The minimum absolute atomic E-state index is 0.185. The van der Waals surface area contributed by atoms with Crippen molar-refractivity contribution in [1.82, 2.24) is 5.32 Å². The molecule has 0 radical (unpaired) electrons. The normalized spacial score (nSPS) is 31.3. The highest BCUT2D eigenvalue weighted by molar-refractivity contribution is 5.87. The zero-order chi connectivity index (χ0) is 8.43. The molecule has 3 nitrogen and oxygen atoms in total. The predicted octanol–water partition coefficient (Wildman–Crippen LogP) is 0.768. The lowest BCUT2D eigenvalue weighted by molar-refractivity contribution is -0.133. The van der Waals surface area contributed by atoms with Gasteiger partial charge in [-0.15, -0.1) is 0 Å². The SMILES string of the molecule is C[C@@H]1C=C(C(=O)O)C[C@H](C)N1. The van der Waals surface area contributed by atoms with Crippen LogP contribution < -0.4 is 5.32 Å². The molecule has 1 rings (SSSR count).